The molecule has 0 bridgehead atoms. The van der Waals surface area contributed by atoms with Crippen molar-refractivity contribution in [2.24, 2.45) is 0 Å². The Morgan fingerprint density at radius 1 is 1.21 bits per heavy atom. The number of hydrogen-bond acceptors (Lipinski definition) is 5. The lowest BCUT2D eigenvalue weighted by Gasteiger charge is -2.25. The Balaban J connectivity index is 1.53. The molecule has 0 saturated carbocycles. The second-order valence-electron chi connectivity index (χ2n) is 8.66. The summed E-state index contributed by atoms with van der Waals surface area (Å²) in [7, 11) is 0. The number of hydrogen-bond donors (Lipinski definition) is 1. The number of Topliss-reactive ketones (excluding diaryl/α,β-unsaturated/α-hetero) is 1. The number of amides is 1. The Bertz CT molecular complexity index is 1280. The molecule has 5 rings (SSSR count). The zero-order chi connectivity index (χ0) is 23.8. The van der Waals surface area contributed by atoms with Crippen LogP contribution in [0.5, 0.6) is 5.75 Å². The molecular formula is C26H24BrN3O4. The first kappa shape index (κ1) is 22.4. The number of aliphatic hydroxyl groups is 1. The lowest BCUT2D eigenvalue weighted by molar-refractivity contribution is -0.139. The molecule has 34 heavy (non-hydrogen) atoms. The van der Waals surface area contributed by atoms with E-state index in [0.29, 0.717) is 25.1 Å². The van der Waals surface area contributed by atoms with Crippen molar-refractivity contribution >= 4 is 33.4 Å². The van der Waals surface area contributed by atoms with Crippen LogP contribution in [0.4, 0.5) is 0 Å². The van der Waals surface area contributed by atoms with Crippen LogP contribution in [-0.4, -0.2) is 43.9 Å². The van der Waals surface area contributed by atoms with Gasteiger partial charge in [0.05, 0.1) is 17.9 Å². The molecule has 2 aromatic carbocycles. The summed E-state index contributed by atoms with van der Waals surface area (Å²) in [5.74, 6) is -0.652. The van der Waals surface area contributed by atoms with Gasteiger partial charge in [0.25, 0.3) is 11.7 Å². The van der Waals surface area contributed by atoms with Gasteiger partial charge in [-0.2, -0.15) is 0 Å². The monoisotopic (exact) mass is 521 g/mol. The summed E-state index contributed by atoms with van der Waals surface area (Å²) in [4.78, 5) is 31.9. The molecule has 3 heterocycles. The SMILES string of the molecule is C[C@@H]1Cc2cc(C(O)=C3C(=O)C(=O)N(CCCn4ccnc4)[C@H]3c3cccc(Br)c3)ccc2O1. The molecule has 1 aromatic heterocycles. The van der Waals surface area contributed by atoms with Gasteiger partial charge in [-0.3, -0.25) is 9.59 Å². The Morgan fingerprint density at radius 2 is 2.06 bits per heavy atom. The molecule has 8 heteroatoms. The van der Waals surface area contributed by atoms with Gasteiger partial charge in [-0.25, -0.2) is 4.98 Å². The maximum absolute atomic E-state index is 13.2. The topological polar surface area (TPSA) is 84.7 Å². The molecule has 0 unspecified atom stereocenters. The Morgan fingerprint density at radius 3 is 2.82 bits per heavy atom. The number of nitrogens with zero attached hydrogens (tertiary/aromatic N) is 3. The van der Waals surface area contributed by atoms with E-state index in [4.69, 9.17) is 4.74 Å². The normalized spacial score (nSPS) is 21.1. The zero-order valence-corrected chi connectivity index (χ0v) is 20.2. The number of ether oxygens (including phenoxy) is 1. The van der Waals surface area contributed by atoms with Crippen LogP contribution in [-0.2, 0) is 22.6 Å². The lowest BCUT2D eigenvalue weighted by Crippen LogP contribution is -2.31. The molecule has 7 nitrogen and oxygen atoms in total. The third-order valence-corrected chi connectivity index (χ3v) is 6.74. The minimum absolute atomic E-state index is 0.0649. The van der Waals surface area contributed by atoms with Gasteiger partial charge < -0.3 is 19.3 Å². The van der Waals surface area contributed by atoms with E-state index in [9.17, 15) is 14.7 Å². The zero-order valence-electron chi connectivity index (χ0n) is 18.6. The molecule has 0 spiro atoms. The maximum atomic E-state index is 13.2. The van der Waals surface area contributed by atoms with Crippen molar-refractivity contribution in [2.45, 2.75) is 38.5 Å². The van der Waals surface area contributed by atoms with Crippen LogP contribution < -0.4 is 4.74 Å². The lowest BCUT2D eigenvalue weighted by atomic mass is 9.94. The minimum atomic E-state index is -0.677. The third kappa shape index (κ3) is 4.14. The number of aromatic nitrogens is 2. The number of fused-ring (bicyclic) bond motifs is 1. The van der Waals surface area contributed by atoms with Crippen LogP contribution in [0.2, 0.25) is 0 Å². The molecule has 3 aromatic rings. The predicted octanol–water partition coefficient (Wildman–Crippen LogP) is 4.48. The second-order valence-corrected chi connectivity index (χ2v) is 9.57. The summed E-state index contributed by atoms with van der Waals surface area (Å²) in [6.45, 7) is 3.02. The highest BCUT2D eigenvalue weighted by atomic mass is 79.9. The van der Waals surface area contributed by atoms with Crippen LogP contribution in [0.15, 0.2) is 71.2 Å². The fraction of sp³-hybridized carbons (Fsp3) is 0.269. The van der Waals surface area contributed by atoms with Crippen molar-refractivity contribution in [3.63, 3.8) is 0 Å². The summed E-state index contributed by atoms with van der Waals surface area (Å²) in [5.41, 5.74) is 2.35. The summed E-state index contributed by atoms with van der Waals surface area (Å²) >= 11 is 3.49. The number of imidazole rings is 1. The number of ketones is 1. The van der Waals surface area contributed by atoms with E-state index in [-0.39, 0.29) is 17.4 Å². The average Bonchev–Trinajstić information content (AvgIpc) is 3.52. The number of benzene rings is 2. The van der Waals surface area contributed by atoms with Crippen LogP contribution in [0.25, 0.3) is 5.76 Å². The van der Waals surface area contributed by atoms with Crippen molar-refractivity contribution in [3.05, 3.63) is 87.9 Å². The van der Waals surface area contributed by atoms with Crippen molar-refractivity contribution in [1.29, 1.82) is 0 Å². The summed E-state index contributed by atoms with van der Waals surface area (Å²) in [6, 6.07) is 12.2. The van der Waals surface area contributed by atoms with Gasteiger partial charge in [-0.05, 0) is 54.8 Å². The average molecular weight is 522 g/mol. The molecule has 2 atom stereocenters. The number of aliphatic hydroxyl groups excluding tert-OH is 1. The van der Waals surface area contributed by atoms with Gasteiger partial charge in [0.1, 0.15) is 17.6 Å². The van der Waals surface area contributed by atoms with Crippen LogP contribution in [0, 0.1) is 0 Å². The molecule has 0 radical (unpaired) electrons. The fourth-order valence-corrected chi connectivity index (χ4v) is 5.12. The minimum Gasteiger partial charge on any atom is -0.507 e. The Labute approximate surface area is 205 Å². The highest BCUT2D eigenvalue weighted by Crippen LogP contribution is 2.41. The molecule has 1 fully saturated rings. The van der Waals surface area contributed by atoms with E-state index in [1.807, 2.05) is 54.1 Å². The van der Waals surface area contributed by atoms with Crippen LogP contribution >= 0.6 is 15.9 Å². The van der Waals surface area contributed by atoms with E-state index >= 15 is 0 Å². The van der Waals surface area contributed by atoms with Gasteiger partial charge in [-0.15, -0.1) is 0 Å². The molecule has 174 valence electrons. The first-order valence-electron chi connectivity index (χ1n) is 11.2. The maximum Gasteiger partial charge on any atom is 0.295 e. The number of carbonyl (C=O) groups is 2. The highest BCUT2D eigenvalue weighted by Gasteiger charge is 2.45. The number of aryl methyl sites for hydroxylation is 1. The first-order valence-corrected chi connectivity index (χ1v) is 12.0. The number of likely N-dealkylation sites (tertiary alicyclic amines) is 1. The van der Waals surface area contributed by atoms with Gasteiger partial charge >= 0.3 is 0 Å². The Hall–Kier alpha value is -3.39. The standard InChI is InChI=1S/C26H24BrN3O4/c1-16-12-19-13-18(6-7-21(19)34-16)24(31)22-23(17-4-2-5-20(27)14-17)30(26(33)25(22)32)10-3-9-29-11-8-28-15-29/h2,4-8,11,13-16,23,31H,3,9-10,12H2,1H3/t16-,23+/m1/s1. The molecule has 1 amide bonds. The molecule has 2 aliphatic rings. The fourth-order valence-electron chi connectivity index (χ4n) is 4.70. The van der Waals surface area contributed by atoms with E-state index in [1.165, 1.54) is 0 Å². The quantitative estimate of drug-likeness (QED) is 0.293. The number of rotatable bonds is 6. The first-order chi connectivity index (χ1) is 16.4. The Kier molecular flexibility index (Phi) is 6.00. The molecular weight excluding hydrogens is 498 g/mol. The van der Waals surface area contributed by atoms with E-state index in [1.54, 1.807) is 23.5 Å². The highest BCUT2D eigenvalue weighted by molar-refractivity contribution is 9.10. The van der Waals surface area contributed by atoms with Crippen LogP contribution in [0.3, 0.4) is 0 Å². The largest absolute Gasteiger partial charge is 0.507 e. The number of halogens is 1. The van der Waals surface area contributed by atoms with Crippen molar-refractivity contribution in [2.75, 3.05) is 6.54 Å². The van der Waals surface area contributed by atoms with Gasteiger partial charge in [0.15, 0.2) is 0 Å². The van der Waals surface area contributed by atoms with E-state index in [2.05, 4.69) is 20.9 Å². The number of carbonyl (C=O) groups excluding carboxylic acids is 2. The molecule has 1 saturated heterocycles. The summed E-state index contributed by atoms with van der Waals surface area (Å²) < 4.78 is 8.52. The summed E-state index contributed by atoms with van der Waals surface area (Å²) in [6.07, 6.45) is 6.72. The molecule has 1 N–H and O–H groups in total. The van der Waals surface area contributed by atoms with Crippen molar-refractivity contribution < 1.29 is 19.4 Å². The molecule has 0 aliphatic carbocycles. The van der Waals surface area contributed by atoms with Gasteiger partial charge in [-0.1, -0.05) is 28.1 Å². The summed E-state index contributed by atoms with van der Waals surface area (Å²) in [5, 5.41) is 11.3. The van der Waals surface area contributed by atoms with Crippen molar-refractivity contribution in [3.8, 4) is 5.75 Å². The second kappa shape index (κ2) is 9.10. The van der Waals surface area contributed by atoms with Gasteiger partial charge in [0, 0.05) is 41.9 Å². The van der Waals surface area contributed by atoms with E-state index in [0.717, 1.165) is 27.8 Å². The van der Waals surface area contributed by atoms with E-state index < -0.39 is 17.7 Å². The smallest absolute Gasteiger partial charge is 0.295 e. The molecule has 2 aliphatic heterocycles. The van der Waals surface area contributed by atoms with Gasteiger partial charge in [0.2, 0.25) is 0 Å². The third-order valence-electron chi connectivity index (χ3n) is 6.25. The predicted molar refractivity (Wildman–Crippen MR) is 130 cm³/mol. The van der Waals surface area contributed by atoms with Crippen LogP contribution in [0.1, 0.15) is 36.1 Å². The van der Waals surface area contributed by atoms with Crippen molar-refractivity contribution in [1.82, 2.24) is 14.5 Å².